The van der Waals surface area contributed by atoms with E-state index in [2.05, 4.69) is 0 Å². The number of methoxy groups -OCH3 is 1. The van der Waals surface area contributed by atoms with Crippen LogP contribution in [0.4, 0.5) is 0 Å². The Labute approximate surface area is 147 Å². The molecule has 0 saturated heterocycles. The predicted molar refractivity (Wildman–Crippen MR) is 99.5 cm³/mol. The van der Waals surface area contributed by atoms with Crippen molar-refractivity contribution in [3.63, 3.8) is 0 Å². The Hall–Kier alpha value is -2.85. The van der Waals surface area contributed by atoms with Crippen molar-refractivity contribution >= 4 is 17.9 Å². The number of ether oxygens (including phenoxy) is 1. The van der Waals surface area contributed by atoms with Gasteiger partial charge in [0, 0.05) is 12.0 Å². The number of carbonyl (C=O) groups excluding carboxylic acids is 1. The fourth-order valence-corrected chi connectivity index (χ4v) is 2.44. The number of phenols is 1. The summed E-state index contributed by atoms with van der Waals surface area (Å²) in [4.78, 5) is 11.9. The molecule has 0 unspecified atom stereocenters. The van der Waals surface area contributed by atoms with E-state index in [9.17, 15) is 15.0 Å². The first-order valence-corrected chi connectivity index (χ1v) is 8.00. The molecular weight excluding hydrogens is 316 g/mol. The number of hydrogen-bond acceptors (Lipinski definition) is 4. The van der Waals surface area contributed by atoms with Gasteiger partial charge in [-0.05, 0) is 30.2 Å². The molecule has 0 amide bonds. The van der Waals surface area contributed by atoms with Gasteiger partial charge < -0.3 is 14.9 Å². The highest BCUT2D eigenvalue weighted by molar-refractivity contribution is 5.94. The van der Waals surface area contributed by atoms with Crippen LogP contribution >= 0.6 is 0 Å². The van der Waals surface area contributed by atoms with Gasteiger partial charge in [-0.2, -0.15) is 0 Å². The summed E-state index contributed by atoms with van der Waals surface area (Å²) in [5, 5.41) is 19.7. The maximum Gasteiger partial charge on any atom is 0.163 e. The van der Waals surface area contributed by atoms with E-state index in [0.717, 1.165) is 16.7 Å². The Morgan fingerprint density at radius 1 is 1.16 bits per heavy atom. The summed E-state index contributed by atoms with van der Waals surface area (Å²) in [6.45, 7) is 1.82. The fourth-order valence-electron chi connectivity index (χ4n) is 2.44. The molecule has 0 radical (unpaired) electrons. The van der Waals surface area contributed by atoms with E-state index in [0.29, 0.717) is 5.75 Å². The number of hydrogen-bond donors (Lipinski definition) is 2. The van der Waals surface area contributed by atoms with Crippen LogP contribution < -0.4 is 4.74 Å². The number of allylic oxidation sites excluding steroid dienone is 1. The third-order valence-electron chi connectivity index (χ3n) is 3.80. The Bertz CT molecular complexity index is 776. The zero-order valence-corrected chi connectivity index (χ0v) is 14.3. The minimum atomic E-state index is -0.882. The van der Waals surface area contributed by atoms with E-state index in [1.165, 1.54) is 19.3 Å². The normalized spacial score (nSPS) is 12.6. The van der Waals surface area contributed by atoms with Crippen LogP contribution in [0, 0.1) is 6.92 Å². The summed E-state index contributed by atoms with van der Waals surface area (Å²) in [7, 11) is 1.49. The summed E-state index contributed by atoms with van der Waals surface area (Å²) >= 11 is 0. The zero-order valence-electron chi connectivity index (χ0n) is 14.3. The maximum absolute atomic E-state index is 11.9. The molecule has 0 saturated carbocycles. The van der Waals surface area contributed by atoms with Crippen LogP contribution in [0.15, 0.2) is 54.6 Å². The van der Waals surface area contributed by atoms with Crippen molar-refractivity contribution in [1.29, 1.82) is 0 Å². The molecule has 0 aliphatic rings. The second-order valence-corrected chi connectivity index (χ2v) is 5.67. The molecule has 25 heavy (non-hydrogen) atoms. The molecule has 4 heteroatoms. The Balaban J connectivity index is 1.98. The molecule has 0 aliphatic carbocycles. The quantitative estimate of drug-likeness (QED) is 0.755. The van der Waals surface area contributed by atoms with E-state index < -0.39 is 6.10 Å². The number of ketones is 1. The van der Waals surface area contributed by atoms with Crippen LogP contribution in [0.2, 0.25) is 0 Å². The molecule has 0 aliphatic heterocycles. The highest BCUT2D eigenvalue weighted by atomic mass is 16.5. The highest BCUT2D eigenvalue weighted by Gasteiger charge is 2.09. The van der Waals surface area contributed by atoms with Gasteiger partial charge in [-0.25, -0.2) is 0 Å². The molecule has 0 fully saturated rings. The lowest BCUT2D eigenvalue weighted by Gasteiger charge is -2.10. The number of rotatable bonds is 7. The number of aliphatic hydroxyl groups excluding tert-OH is 1. The van der Waals surface area contributed by atoms with Crippen LogP contribution in [-0.2, 0) is 4.79 Å². The molecule has 0 aromatic heterocycles. The average molecular weight is 338 g/mol. The zero-order chi connectivity index (χ0) is 18.2. The summed E-state index contributed by atoms with van der Waals surface area (Å²) in [5.74, 6) is 0.318. The summed E-state index contributed by atoms with van der Waals surface area (Å²) in [6.07, 6.45) is 5.61. The van der Waals surface area contributed by atoms with Gasteiger partial charge in [0.2, 0.25) is 0 Å². The van der Waals surface area contributed by atoms with E-state index in [1.54, 1.807) is 24.3 Å². The second-order valence-electron chi connectivity index (χ2n) is 5.67. The number of aliphatic hydroxyl groups is 1. The molecule has 0 bridgehead atoms. The second kappa shape index (κ2) is 8.85. The van der Waals surface area contributed by atoms with Crippen molar-refractivity contribution in [3.8, 4) is 11.5 Å². The van der Waals surface area contributed by atoms with E-state index in [-0.39, 0.29) is 18.0 Å². The van der Waals surface area contributed by atoms with Gasteiger partial charge in [0.1, 0.15) is 0 Å². The average Bonchev–Trinajstić information content (AvgIpc) is 2.60. The van der Waals surface area contributed by atoms with Gasteiger partial charge in [-0.3, -0.25) is 4.79 Å². The molecule has 0 heterocycles. The van der Waals surface area contributed by atoms with Gasteiger partial charge in [0.05, 0.1) is 13.2 Å². The van der Waals surface area contributed by atoms with Gasteiger partial charge in [-0.1, -0.05) is 54.6 Å². The molecular formula is C21H22O4. The highest BCUT2D eigenvalue weighted by Crippen LogP contribution is 2.32. The van der Waals surface area contributed by atoms with Crippen molar-refractivity contribution in [1.82, 2.24) is 0 Å². The molecule has 4 nitrogen and oxygen atoms in total. The SMILES string of the molecule is COc1c(O)ccc(/C=C/[C@H](O)CC(=O)/C=C/c2ccccc2)c1C. The molecule has 2 N–H and O–H groups in total. The lowest BCUT2D eigenvalue weighted by Crippen LogP contribution is -2.08. The van der Waals surface area contributed by atoms with Crippen molar-refractivity contribution in [2.45, 2.75) is 19.4 Å². The van der Waals surface area contributed by atoms with Gasteiger partial charge in [0.25, 0.3) is 0 Å². The Morgan fingerprint density at radius 3 is 2.56 bits per heavy atom. The largest absolute Gasteiger partial charge is 0.504 e. The third kappa shape index (κ3) is 5.33. The minimum absolute atomic E-state index is 0.00804. The molecule has 2 rings (SSSR count). The number of carbonyl (C=O) groups is 1. The number of aromatic hydroxyl groups is 1. The van der Waals surface area contributed by atoms with Crippen molar-refractivity contribution in [2.24, 2.45) is 0 Å². The van der Waals surface area contributed by atoms with Crippen molar-refractivity contribution < 1.29 is 19.7 Å². The standard InChI is InChI=1S/C21H22O4/c1-15-17(10-13-20(24)21(15)25-2)9-12-19(23)14-18(22)11-8-16-6-4-3-5-7-16/h3-13,19,23-24H,14H2,1-2H3/b11-8+,12-9+/t19-/m0/s1. The van der Waals surface area contributed by atoms with Crippen molar-refractivity contribution in [2.75, 3.05) is 7.11 Å². The lowest BCUT2D eigenvalue weighted by molar-refractivity contribution is -0.115. The Morgan fingerprint density at radius 2 is 1.88 bits per heavy atom. The van der Waals surface area contributed by atoms with E-state index in [4.69, 9.17) is 4.74 Å². The molecule has 2 aromatic rings. The molecule has 1 atom stereocenters. The smallest absolute Gasteiger partial charge is 0.163 e. The number of benzene rings is 2. The molecule has 0 spiro atoms. The van der Waals surface area contributed by atoms with Crippen LogP contribution in [0.5, 0.6) is 11.5 Å². The first-order chi connectivity index (χ1) is 12.0. The monoisotopic (exact) mass is 338 g/mol. The third-order valence-corrected chi connectivity index (χ3v) is 3.80. The first-order valence-electron chi connectivity index (χ1n) is 8.00. The summed E-state index contributed by atoms with van der Waals surface area (Å²) in [5.41, 5.74) is 2.51. The Kier molecular flexibility index (Phi) is 6.54. The van der Waals surface area contributed by atoms with E-state index >= 15 is 0 Å². The first kappa shape index (κ1) is 18.5. The lowest BCUT2D eigenvalue weighted by atomic mass is 10.0. The fraction of sp³-hybridized carbons (Fsp3) is 0.190. The van der Waals surface area contributed by atoms with Gasteiger partial charge in [0.15, 0.2) is 17.3 Å². The molecule has 2 aromatic carbocycles. The van der Waals surface area contributed by atoms with Crippen LogP contribution in [0.25, 0.3) is 12.2 Å². The van der Waals surface area contributed by atoms with Gasteiger partial charge >= 0.3 is 0 Å². The topological polar surface area (TPSA) is 66.8 Å². The summed E-state index contributed by atoms with van der Waals surface area (Å²) in [6, 6.07) is 12.8. The van der Waals surface area contributed by atoms with E-state index in [1.807, 2.05) is 37.3 Å². The minimum Gasteiger partial charge on any atom is -0.504 e. The van der Waals surface area contributed by atoms with Gasteiger partial charge in [-0.15, -0.1) is 0 Å². The van der Waals surface area contributed by atoms with Crippen LogP contribution in [0.1, 0.15) is 23.1 Å². The molecule has 130 valence electrons. The maximum atomic E-state index is 11.9. The predicted octanol–water partition coefficient (Wildman–Crippen LogP) is 3.76. The van der Waals surface area contributed by atoms with Crippen molar-refractivity contribution in [3.05, 3.63) is 71.3 Å². The summed E-state index contributed by atoms with van der Waals surface area (Å²) < 4.78 is 5.15. The number of phenolic OH excluding ortho intramolecular Hbond substituents is 1. The van der Waals surface area contributed by atoms with Crippen LogP contribution in [-0.4, -0.2) is 29.2 Å². The van der Waals surface area contributed by atoms with Crippen LogP contribution in [0.3, 0.4) is 0 Å².